The molecule has 1 atom stereocenters. The Morgan fingerprint density at radius 2 is 2.05 bits per heavy atom. The van der Waals surface area contributed by atoms with Crippen LogP contribution in [0.3, 0.4) is 0 Å². The Bertz CT molecular complexity index is 436. The Labute approximate surface area is 115 Å². The molecule has 4 nitrogen and oxygen atoms in total. The lowest BCUT2D eigenvalue weighted by molar-refractivity contribution is -0.130. The molecule has 2 rings (SSSR count). The predicted molar refractivity (Wildman–Crippen MR) is 76.2 cm³/mol. The van der Waals surface area contributed by atoms with Crippen LogP contribution >= 0.6 is 0 Å². The maximum atomic E-state index is 9.40. The van der Waals surface area contributed by atoms with E-state index < -0.39 is 7.12 Å². The van der Waals surface area contributed by atoms with Gasteiger partial charge in [0.15, 0.2) is 0 Å². The molecule has 1 aliphatic rings. The van der Waals surface area contributed by atoms with Crippen LogP contribution in [0, 0.1) is 0 Å². The Hall–Kier alpha value is -0.875. The number of hydrogen-bond acceptors (Lipinski definition) is 4. The van der Waals surface area contributed by atoms with Crippen molar-refractivity contribution in [2.45, 2.75) is 39.0 Å². The summed E-state index contributed by atoms with van der Waals surface area (Å²) < 4.78 is 5.88. The average molecular weight is 263 g/mol. The van der Waals surface area contributed by atoms with Crippen LogP contribution in [-0.2, 0) is 11.3 Å². The van der Waals surface area contributed by atoms with Crippen LogP contribution < -0.4 is 5.46 Å². The zero-order chi connectivity index (χ0) is 14.0. The van der Waals surface area contributed by atoms with Crippen molar-refractivity contribution in [3.63, 3.8) is 0 Å². The van der Waals surface area contributed by atoms with E-state index in [4.69, 9.17) is 4.74 Å². The molecule has 5 heteroatoms. The van der Waals surface area contributed by atoms with Gasteiger partial charge in [0.1, 0.15) is 0 Å². The molecule has 0 amide bonds. The van der Waals surface area contributed by atoms with Gasteiger partial charge in [0.2, 0.25) is 0 Å². The van der Waals surface area contributed by atoms with E-state index in [2.05, 4.69) is 25.7 Å². The molecule has 0 bridgehead atoms. The van der Waals surface area contributed by atoms with Crippen LogP contribution in [-0.4, -0.2) is 46.9 Å². The monoisotopic (exact) mass is 263 g/mol. The molecule has 0 aliphatic carbocycles. The minimum Gasteiger partial charge on any atom is -0.423 e. The van der Waals surface area contributed by atoms with Crippen molar-refractivity contribution < 1.29 is 14.8 Å². The van der Waals surface area contributed by atoms with Crippen LogP contribution in [0.15, 0.2) is 24.3 Å². The highest BCUT2D eigenvalue weighted by Crippen LogP contribution is 2.21. The predicted octanol–water partition coefficient (Wildman–Crippen LogP) is 0.366. The number of ether oxygens (including phenoxy) is 1. The van der Waals surface area contributed by atoms with Gasteiger partial charge in [0, 0.05) is 19.6 Å². The minimum absolute atomic E-state index is 0.162. The molecule has 0 radical (unpaired) electrons. The highest BCUT2D eigenvalue weighted by Gasteiger charge is 2.31. The first-order valence-corrected chi connectivity index (χ1v) is 6.71. The van der Waals surface area contributed by atoms with E-state index in [0.29, 0.717) is 12.0 Å². The zero-order valence-corrected chi connectivity index (χ0v) is 11.8. The Balaban J connectivity index is 2.13. The molecule has 1 saturated heterocycles. The molecule has 1 aromatic carbocycles. The molecule has 1 aliphatic heterocycles. The number of benzene rings is 1. The molecule has 0 spiro atoms. The second kappa shape index (κ2) is 5.63. The summed E-state index contributed by atoms with van der Waals surface area (Å²) >= 11 is 0. The van der Waals surface area contributed by atoms with Crippen molar-refractivity contribution in [2.24, 2.45) is 0 Å². The highest BCUT2D eigenvalue weighted by molar-refractivity contribution is 6.59. The summed E-state index contributed by atoms with van der Waals surface area (Å²) in [7, 11) is -1.41. The number of hydrogen-bond donors (Lipinski definition) is 2. The fourth-order valence-electron chi connectivity index (χ4n) is 2.88. The van der Waals surface area contributed by atoms with Gasteiger partial charge in [-0.1, -0.05) is 24.3 Å². The van der Waals surface area contributed by atoms with Gasteiger partial charge in [-0.25, -0.2) is 0 Å². The van der Waals surface area contributed by atoms with Gasteiger partial charge >= 0.3 is 7.12 Å². The number of rotatable bonds is 3. The minimum atomic E-state index is -1.41. The van der Waals surface area contributed by atoms with Crippen LogP contribution in [0.2, 0.25) is 0 Å². The highest BCUT2D eigenvalue weighted by atomic mass is 16.5. The normalized spacial score (nSPS) is 23.3. The molecule has 0 saturated carbocycles. The standard InChI is InChI=1S/C14H22BNO3/c1-11-8-16(10-14(2,3)19-11)9-12-6-4-5-7-13(12)15(17)18/h4-7,11,17-18H,8-10H2,1-3H3. The van der Waals surface area contributed by atoms with Gasteiger partial charge in [-0.3, -0.25) is 4.90 Å². The van der Waals surface area contributed by atoms with E-state index in [0.717, 1.165) is 18.7 Å². The first kappa shape index (κ1) is 14.5. The molecular weight excluding hydrogens is 241 g/mol. The van der Waals surface area contributed by atoms with E-state index in [9.17, 15) is 10.0 Å². The van der Waals surface area contributed by atoms with E-state index in [1.54, 1.807) is 6.07 Å². The lowest BCUT2D eigenvalue weighted by Crippen LogP contribution is -2.52. The van der Waals surface area contributed by atoms with E-state index in [1.807, 2.05) is 18.2 Å². The largest absolute Gasteiger partial charge is 0.488 e. The van der Waals surface area contributed by atoms with E-state index in [-0.39, 0.29) is 11.7 Å². The summed E-state index contributed by atoms with van der Waals surface area (Å²) in [4.78, 5) is 2.30. The number of nitrogens with zero attached hydrogens (tertiary/aromatic N) is 1. The van der Waals surface area contributed by atoms with Crippen LogP contribution in [0.25, 0.3) is 0 Å². The van der Waals surface area contributed by atoms with Crippen molar-refractivity contribution in [2.75, 3.05) is 13.1 Å². The molecule has 1 heterocycles. The third kappa shape index (κ3) is 3.80. The van der Waals surface area contributed by atoms with Gasteiger partial charge in [-0.15, -0.1) is 0 Å². The molecule has 1 aromatic rings. The molecular formula is C14H22BNO3. The first-order chi connectivity index (χ1) is 8.87. The maximum absolute atomic E-state index is 9.40. The number of morpholine rings is 1. The van der Waals surface area contributed by atoms with Crippen LogP contribution in [0.4, 0.5) is 0 Å². The van der Waals surface area contributed by atoms with Crippen LogP contribution in [0.1, 0.15) is 26.3 Å². The summed E-state index contributed by atoms with van der Waals surface area (Å²) in [5.41, 5.74) is 1.38. The lowest BCUT2D eigenvalue weighted by Gasteiger charge is -2.42. The topological polar surface area (TPSA) is 52.9 Å². The summed E-state index contributed by atoms with van der Waals surface area (Å²) in [5, 5.41) is 18.8. The fourth-order valence-corrected chi connectivity index (χ4v) is 2.88. The first-order valence-electron chi connectivity index (χ1n) is 6.71. The van der Waals surface area contributed by atoms with Gasteiger partial charge in [-0.05, 0) is 31.8 Å². The molecule has 1 fully saturated rings. The molecule has 2 N–H and O–H groups in total. The molecule has 104 valence electrons. The summed E-state index contributed by atoms with van der Waals surface area (Å²) in [5.74, 6) is 0. The molecule has 19 heavy (non-hydrogen) atoms. The average Bonchev–Trinajstić information content (AvgIpc) is 2.26. The zero-order valence-electron chi connectivity index (χ0n) is 11.8. The van der Waals surface area contributed by atoms with Gasteiger partial charge in [-0.2, -0.15) is 0 Å². The van der Waals surface area contributed by atoms with Gasteiger partial charge in [0.05, 0.1) is 11.7 Å². The smallest absolute Gasteiger partial charge is 0.423 e. The second-order valence-corrected chi connectivity index (χ2v) is 5.93. The maximum Gasteiger partial charge on any atom is 0.488 e. The van der Waals surface area contributed by atoms with E-state index in [1.165, 1.54) is 0 Å². The third-order valence-electron chi connectivity index (χ3n) is 3.37. The van der Waals surface area contributed by atoms with Gasteiger partial charge in [0.25, 0.3) is 0 Å². The Morgan fingerprint density at radius 3 is 2.68 bits per heavy atom. The lowest BCUT2D eigenvalue weighted by atomic mass is 9.77. The quantitative estimate of drug-likeness (QED) is 0.773. The van der Waals surface area contributed by atoms with E-state index >= 15 is 0 Å². The Morgan fingerprint density at radius 1 is 1.37 bits per heavy atom. The SMILES string of the molecule is CC1CN(Cc2ccccc2B(O)O)CC(C)(C)O1. The van der Waals surface area contributed by atoms with Crippen molar-refractivity contribution in [3.8, 4) is 0 Å². The second-order valence-electron chi connectivity index (χ2n) is 5.93. The molecule has 1 unspecified atom stereocenters. The third-order valence-corrected chi connectivity index (χ3v) is 3.37. The van der Waals surface area contributed by atoms with Crippen molar-refractivity contribution in [1.82, 2.24) is 4.90 Å². The summed E-state index contributed by atoms with van der Waals surface area (Å²) in [6.45, 7) is 8.66. The summed E-state index contributed by atoms with van der Waals surface area (Å²) in [6, 6.07) is 7.46. The van der Waals surface area contributed by atoms with Crippen molar-refractivity contribution in [1.29, 1.82) is 0 Å². The summed E-state index contributed by atoms with van der Waals surface area (Å²) in [6.07, 6.45) is 0.190. The molecule has 0 aromatic heterocycles. The Kier molecular flexibility index (Phi) is 4.31. The fraction of sp³-hybridized carbons (Fsp3) is 0.571. The van der Waals surface area contributed by atoms with Gasteiger partial charge < -0.3 is 14.8 Å². The van der Waals surface area contributed by atoms with Crippen LogP contribution in [0.5, 0.6) is 0 Å². The van der Waals surface area contributed by atoms with Crippen molar-refractivity contribution in [3.05, 3.63) is 29.8 Å². The van der Waals surface area contributed by atoms with Crippen molar-refractivity contribution >= 4 is 12.6 Å².